The maximum atomic E-state index is 13.3. The maximum absolute atomic E-state index is 13.3. The predicted molar refractivity (Wildman–Crippen MR) is 125 cm³/mol. The topological polar surface area (TPSA) is 44.1 Å². The third-order valence-corrected chi connectivity index (χ3v) is 6.46. The number of benzene rings is 2. The molecule has 0 radical (unpaired) electrons. The molecule has 4 rings (SSSR count). The zero-order valence-corrected chi connectivity index (χ0v) is 18.9. The van der Waals surface area contributed by atoms with E-state index >= 15 is 0 Å². The first kappa shape index (κ1) is 20.4. The Labute approximate surface area is 180 Å². The number of aromatic nitrogens is 2. The van der Waals surface area contributed by atoms with Crippen LogP contribution in [0.15, 0.2) is 47.5 Å². The van der Waals surface area contributed by atoms with Gasteiger partial charge in [0.15, 0.2) is 0 Å². The van der Waals surface area contributed by atoms with Gasteiger partial charge in [0.05, 0.1) is 18.3 Å². The van der Waals surface area contributed by atoms with E-state index in [1.54, 1.807) is 22.2 Å². The van der Waals surface area contributed by atoms with Crippen LogP contribution >= 0.6 is 11.3 Å². The number of ether oxygens (including phenoxy) is 1. The molecule has 4 nitrogen and oxygen atoms in total. The molecule has 0 aliphatic rings. The largest absolute Gasteiger partial charge is 0.492 e. The van der Waals surface area contributed by atoms with Gasteiger partial charge in [0.25, 0.3) is 5.56 Å². The van der Waals surface area contributed by atoms with Gasteiger partial charge >= 0.3 is 0 Å². The van der Waals surface area contributed by atoms with Gasteiger partial charge in [-0.3, -0.25) is 9.36 Å². The second-order valence-corrected chi connectivity index (χ2v) is 9.13. The van der Waals surface area contributed by atoms with Crippen molar-refractivity contribution in [1.29, 1.82) is 0 Å². The summed E-state index contributed by atoms with van der Waals surface area (Å²) in [4.78, 5) is 19.8. The van der Waals surface area contributed by atoms with Gasteiger partial charge in [-0.05, 0) is 74.6 Å². The Morgan fingerprint density at radius 3 is 2.40 bits per heavy atom. The predicted octanol–water partition coefficient (Wildman–Crippen LogP) is 5.75. The lowest BCUT2D eigenvalue weighted by molar-refractivity contribution is 0.295. The number of nitrogens with zero attached hydrogens (tertiary/aromatic N) is 2. The van der Waals surface area contributed by atoms with Crippen LogP contribution in [0.1, 0.15) is 27.1 Å². The lowest BCUT2D eigenvalue weighted by Gasteiger charge is -2.10. The highest BCUT2D eigenvalue weighted by Gasteiger charge is 2.17. The minimum absolute atomic E-state index is 0.0124. The first-order valence-corrected chi connectivity index (χ1v) is 10.9. The quantitative estimate of drug-likeness (QED) is 0.415. The molecule has 0 aliphatic heterocycles. The molecular weight excluding hydrogens is 392 g/mol. The van der Waals surface area contributed by atoms with Crippen molar-refractivity contribution >= 4 is 21.6 Å². The van der Waals surface area contributed by atoms with Crippen LogP contribution in [0.2, 0.25) is 0 Å². The van der Waals surface area contributed by atoms with Gasteiger partial charge in [-0.25, -0.2) is 4.98 Å². The Morgan fingerprint density at radius 2 is 1.70 bits per heavy atom. The minimum atomic E-state index is -0.0124. The van der Waals surface area contributed by atoms with Crippen LogP contribution < -0.4 is 10.3 Å². The summed E-state index contributed by atoms with van der Waals surface area (Å²) in [5.74, 6) is 0.830. The van der Waals surface area contributed by atoms with Gasteiger partial charge in [-0.2, -0.15) is 0 Å². The highest BCUT2D eigenvalue weighted by Crippen LogP contribution is 2.36. The van der Waals surface area contributed by atoms with E-state index in [1.807, 2.05) is 12.1 Å². The Hall–Kier alpha value is -2.92. The molecule has 0 unspecified atom stereocenters. The lowest BCUT2D eigenvalue weighted by atomic mass is 9.99. The summed E-state index contributed by atoms with van der Waals surface area (Å²) in [7, 11) is 0. The minimum Gasteiger partial charge on any atom is -0.492 e. The van der Waals surface area contributed by atoms with Gasteiger partial charge in [0, 0.05) is 10.4 Å². The summed E-state index contributed by atoms with van der Waals surface area (Å²) in [6.07, 6.45) is 1.63. The van der Waals surface area contributed by atoms with E-state index in [0.29, 0.717) is 18.5 Å². The van der Waals surface area contributed by atoms with Crippen LogP contribution in [0.5, 0.6) is 5.75 Å². The fraction of sp³-hybridized carbons (Fsp3) is 0.280. The Bertz CT molecular complexity index is 1280. The molecule has 4 aromatic rings. The molecule has 5 heteroatoms. The van der Waals surface area contributed by atoms with E-state index in [4.69, 9.17) is 4.74 Å². The first-order chi connectivity index (χ1) is 14.3. The summed E-state index contributed by atoms with van der Waals surface area (Å²) in [6, 6.07) is 12.5. The van der Waals surface area contributed by atoms with Crippen molar-refractivity contribution in [3.8, 4) is 16.9 Å². The zero-order chi connectivity index (χ0) is 21.4. The van der Waals surface area contributed by atoms with Gasteiger partial charge in [-0.1, -0.05) is 24.3 Å². The van der Waals surface area contributed by atoms with Crippen LogP contribution in [0.25, 0.3) is 21.3 Å². The molecule has 2 heterocycles. The van der Waals surface area contributed by atoms with Crippen LogP contribution in [0.3, 0.4) is 0 Å². The zero-order valence-electron chi connectivity index (χ0n) is 18.1. The number of hydrogen-bond acceptors (Lipinski definition) is 4. The Balaban J connectivity index is 1.66. The molecule has 0 aliphatic carbocycles. The van der Waals surface area contributed by atoms with Gasteiger partial charge in [0.2, 0.25) is 0 Å². The van der Waals surface area contributed by atoms with Gasteiger partial charge in [0.1, 0.15) is 17.2 Å². The van der Waals surface area contributed by atoms with E-state index in [0.717, 1.165) is 37.7 Å². The van der Waals surface area contributed by atoms with Crippen LogP contribution in [-0.4, -0.2) is 16.2 Å². The Kier molecular flexibility index (Phi) is 5.48. The number of thiophene rings is 1. The highest BCUT2D eigenvalue weighted by atomic mass is 32.1. The molecule has 0 bridgehead atoms. The third-order valence-electron chi connectivity index (χ3n) is 5.45. The molecule has 0 atom stereocenters. The Morgan fingerprint density at radius 1 is 0.967 bits per heavy atom. The van der Waals surface area contributed by atoms with Crippen LogP contribution in [-0.2, 0) is 6.54 Å². The second kappa shape index (κ2) is 8.07. The second-order valence-electron chi connectivity index (χ2n) is 7.93. The summed E-state index contributed by atoms with van der Waals surface area (Å²) >= 11 is 1.57. The molecule has 0 amide bonds. The van der Waals surface area contributed by atoms with Crippen molar-refractivity contribution in [2.45, 2.75) is 41.2 Å². The van der Waals surface area contributed by atoms with E-state index in [9.17, 15) is 4.79 Å². The number of aryl methyl sites for hydroxylation is 5. The standard InChI is InChI=1S/C25H26N2O2S/c1-15-10-16(2)12-21(11-15)29-9-8-27-14-26-24-23(25(27)28)22(19(5)30-24)20-7-6-17(3)18(4)13-20/h6-7,10-14H,8-9H2,1-5H3. The molecule has 0 N–H and O–H groups in total. The molecule has 0 saturated carbocycles. The monoisotopic (exact) mass is 418 g/mol. The fourth-order valence-electron chi connectivity index (χ4n) is 3.82. The van der Waals surface area contributed by atoms with Crippen LogP contribution in [0, 0.1) is 34.6 Å². The van der Waals surface area contributed by atoms with Crippen molar-refractivity contribution in [2.75, 3.05) is 6.61 Å². The normalized spacial score (nSPS) is 11.2. The van der Waals surface area contributed by atoms with Crippen LogP contribution in [0.4, 0.5) is 0 Å². The fourth-order valence-corrected chi connectivity index (χ4v) is 4.82. The van der Waals surface area contributed by atoms with Crippen molar-refractivity contribution in [1.82, 2.24) is 9.55 Å². The van der Waals surface area contributed by atoms with E-state index in [-0.39, 0.29) is 5.56 Å². The summed E-state index contributed by atoms with van der Waals surface area (Å²) < 4.78 is 7.56. The number of hydrogen-bond donors (Lipinski definition) is 0. The molecule has 0 spiro atoms. The average Bonchev–Trinajstić information content (AvgIpc) is 3.02. The highest BCUT2D eigenvalue weighted by molar-refractivity contribution is 7.19. The number of fused-ring (bicyclic) bond motifs is 1. The molecule has 2 aromatic carbocycles. The van der Waals surface area contributed by atoms with Crippen molar-refractivity contribution < 1.29 is 4.74 Å². The first-order valence-electron chi connectivity index (χ1n) is 10.1. The van der Waals surface area contributed by atoms with E-state index < -0.39 is 0 Å². The summed E-state index contributed by atoms with van der Waals surface area (Å²) in [5, 5.41) is 0.703. The molecule has 0 saturated heterocycles. The smallest absolute Gasteiger partial charge is 0.262 e. The molecule has 0 fully saturated rings. The van der Waals surface area contributed by atoms with E-state index in [2.05, 4.69) is 63.9 Å². The SMILES string of the molecule is Cc1cc(C)cc(OCCn2cnc3sc(C)c(-c4ccc(C)c(C)c4)c3c2=O)c1. The van der Waals surface area contributed by atoms with Crippen molar-refractivity contribution in [3.63, 3.8) is 0 Å². The van der Waals surface area contributed by atoms with Gasteiger partial charge in [-0.15, -0.1) is 11.3 Å². The summed E-state index contributed by atoms with van der Waals surface area (Å²) in [5.41, 5.74) is 6.85. The molecule has 154 valence electrons. The average molecular weight is 419 g/mol. The van der Waals surface area contributed by atoms with E-state index in [1.165, 1.54) is 11.1 Å². The van der Waals surface area contributed by atoms with Crippen molar-refractivity contribution in [3.05, 3.63) is 80.2 Å². The van der Waals surface area contributed by atoms with Crippen molar-refractivity contribution in [2.24, 2.45) is 0 Å². The molecular formula is C25H26N2O2S. The molecule has 2 aromatic heterocycles. The molecule has 30 heavy (non-hydrogen) atoms. The maximum Gasteiger partial charge on any atom is 0.262 e. The third kappa shape index (κ3) is 3.90. The number of rotatable bonds is 5. The summed E-state index contributed by atoms with van der Waals surface area (Å²) in [6.45, 7) is 11.2. The van der Waals surface area contributed by atoms with Gasteiger partial charge < -0.3 is 4.74 Å². The lowest BCUT2D eigenvalue weighted by Crippen LogP contribution is -2.23.